The quantitative estimate of drug-likeness (QED) is 0.149. The standard InChI is InChI=1S/C64H41NO/c1-3-18-44(19-4-1)62-56-26-10-9-24-52(56)53-39-36-46(41-58(53)63(62)45-20-5-2-6-21-45)49-23-11-13-30-59(49)65(60-31-16-28-51-48-22-8-7-17-42(48)35-40-54(51)60)47-37-33-43(34-38-47)50-27-15-29-57-55-25-12-14-32-61(55)66-64(50)57/h1-41H. The molecule has 2 heteroatoms. The second-order valence-electron chi connectivity index (χ2n) is 17.1. The van der Waals surface area contributed by atoms with Gasteiger partial charge in [0.05, 0.1) is 11.4 Å². The molecule has 0 atom stereocenters. The average molecular weight is 840 g/mol. The van der Waals surface area contributed by atoms with Gasteiger partial charge in [0.25, 0.3) is 0 Å². The minimum Gasteiger partial charge on any atom is -0.455 e. The Morgan fingerprint density at radius 1 is 0.273 bits per heavy atom. The highest BCUT2D eigenvalue weighted by Crippen LogP contribution is 2.49. The smallest absolute Gasteiger partial charge is 0.143 e. The van der Waals surface area contributed by atoms with Crippen molar-refractivity contribution in [3.8, 4) is 44.5 Å². The van der Waals surface area contributed by atoms with E-state index in [-0.39, 0.29) is 0 Å². The van der Waals surface area contributed by atoms with Crippen LogP contribution in [0.15, 0.2) is 253 Å². The van der Waals surface area contributed by atoms with Crippen LogP contribution in [0.2, 0.25) is 0 Å². The van der Waals surface area contributed by atoms with E-state index >= 15 is 0 Å². The van der Waals surface area contributed by atoms with Crippen molar-refractivity contribution in [2.45, 2.75) is 0 Å². The van der Waals surface area contributed by atoms with Gasteiger partial charge >= 0.3 is 0 Å². The van der Waals surface area contributed by atoms with Gasteiger partial charge in [-0.2, -0.15) is 0 Å². The van der Waals surface area contributed by atoms with E-state index in [1.165, 1.54) is 65.3 Å². The summed E-state index contributed by atoms with van der Waals surface area (Å²) in [5.74, 6) is 0. The van der Waals surface area contributed by atoms with Crippen LogP contribution >= 0.6 is 0 Å². The number of furan rings is 1. The summed E-state index contributed by atoms with van der Waals surface area (Å²) in [6.45, 7) is 0. The third kappa shape index (κ3) is 6.11. The van der Waals surface area contributed by atoms with Gasteiger partial charge in [0.2, 0.25) is 0 Å². The van der Waals surface area contributed by atoms with E-state index < -0.39 is 0 Å². The van der Waals surface area contributed by atoms with Gasteiger partial charge in [-0.15, -0.1) is 0 Å². The van der Waals surface area contributed by atoms with Crippen molar-refractivity contribution in [2.24, 2.45) is 0 Å². The first-order valence-electron chi connectivity index (χ1n) is 22.7. The molecule has 0 aliphatic rings. The Hall–Kier alpha value is -8.72. The molecule has 0 saturated carbocycles. The van der Waals surface area contributed by atoms with Crippen LogP contribution in [0.1, 0.15) is 0 Å². The van der Waals surface area contributed by atoms with E-state index in [1.54, 1.807) is 0 Å². The number of rotatable bonds is 7. The monoisotopic (exact) mass is 839 g/mol. The van der Waals surface area contributed by atoms with E-state index in [2.05, 4.69) is 241 Å². The highest BCUT2D eigenvalue weighted by atomic mass is 16.3. The number of fused-ring (bicyclic) bond motifs is 9. The molecule has 0 aliphatic heterocycles. The van der Waals surface area contributed by atoms with Gasteiger partial charge in [-0.1, -0.05) is 212 Å². The number of hydrogen-bond acceptors (Lipinski definition) is 2. The van der Waals surface area contributed by atoms with Gasteiger partial charge in [-0.05, 0) is 107 Å². The summed E-state index contributed by atoms with van der Waals surface area (Å²) in [6.07, 6.45) is 0. The fourth-order valence-corrected chi connectivity index (χ4v) is 10.5. The minimum atomic E-state index is 0.900. The zero-order valence-electron chi connectivity index (χ0n) is 36.0. The first-order chi connectivity index (χ1) is 32.8. The molecule has 12 aromatic carbocycles. The second kappa shape index (κ2) is 15.5. The van der Waals surface area contributed by atoms with Crippen molar-refractivity contribution >= 4 is 82.1 Å². The maximum atomic E-state index is 6.52. The van der Waals surface area contributed by atoms with Gasteiger partial charge in [0, 0.05) is 33.0 Å². The molecular formula is C64H41NO. The number of anilines is 3. The molecule has 0 radical (unpaired) electrons. The van der Waals surface area contributed by atoms with Crippen LogP contribution in [0.5, 0.6) is 0 Å². The summed E-state index contributed by atoms with van der Waals surface area (Å²) >= 11 is 0. The predicted molar refractivity (Wildman–Crippen MR) is 280 cm³/mol. The second-order valence-corrected chi connectivity index (χ2v) is 17.1. The van der Waals surface area contributed by atoms with E-state index in [9.17, 15) is 0 Å². The largest absolute Gasteiger partial charge is 0.455 e. The molecule has 13 aromatic rings. The summed E-state index contributed by atoms with van der Waals surface area (Å²) in [7, 11) is 0. The fourth-order valence-electron chi connectivity index (χ4n) is 10.5. The summed E-state index contributed by atoms with van der Waals surface area (Å²) in [6, 6.07) is 90.4. The Labute approximate surface area is 382 Å². The summed E-state index contributed by atoms with van der Waals surface area (Å²) in [4.78, 5) is 2.45. The van der Waals surface area contributed by atoms with E-state index in [0.717, 1.165) is 61.3 Å². The molecular weight excluding hydrogens is 799 g/mol. The van der Waals surface area contributed by atoms with Gasteiger partial charge in [0.15, 0.2) is 0 Å². The van der Waals surface area contributed by atoms with Crippen LogP contribution in [-0.2, 0) is 0 Å². The molecule has 0 bridgehead atoms. The van der Waals surface area contributed by atoms with Crippen molar-refractivity contribution in [2.75, 3.05) is 4.90 Å². The van der Waals surface area contributed by atoms with Crippen molar-refractivity contribution in [3.63, 3.8) is 0 Å². The van der Waals surface area contributed by atoms with Crippen molar-refractivity contribution in [3.05, 3.63) is 249 Å². The maximum Gasteiger partial charge on any atom is 0.143 e. The molecule has 0 spiro atoms. The summed E-state index contributed by atoms with van der Waals surface area (Å²) in [5, 5.41) is 12.1. The van der Waals surface area contributed by atoms with E-state index in [0.29, 0.717) is 0 Å². The lowest BCUT2D eigenvalue weighted by Crippen LogP contribution is -2.11. The molecule has 0 saturated heterocycles. The summed E-state index contributed by atoms with van der Waals surface area (Å²) < 4.78 is 6.52. The SMILES string of the molecule is c1ccc(-c2c(-c3ccccc3)c3cc(-c4ccccc4N(c4ccc(-c5cccc6c5oc5ccccc56)cc4)c4cccc5c4ccc4ccccc45)ccc3c3ccccc23)cc1. The summed E-state index contributed by atoms with van der Waals surface area (Å²) in [5.41, 5.74) is 14.4. The number of hydrogen-bond donors (Lipinski definition) is 0. The zero-order valence-corrected chi connectivity index (χ0v) is 36.0. The lowest BCUT2D eigenvalue weighted by Gasteiger charge is -2.29. The van der Waals surface area contributed by atoms with Crippen molar-refractivity contribution < 1.29 is 4.42 Å². The minimum absolute atomic E-state index is 0.900. The highest BCUT2D eigenvalue weighted by molar-refractivity contribution is 6.22. The Kier molecular flexibility index (Phi) is 8.89. The topological polar surface area (TPSA) is 16.4 Å². The van der Waals surface area contributed by atoms with Crippen LogP contribution in [0, 0.1) is 0 Å². The third-order valence-corrected chi connectivity index (χ3v) is 13.5. The number of para-hydroxylation sites is 3. The van der Waals surface area contributed by atoms with Gasteiger partial charge in [0.1, 0.15) is 11.2 Å². The molecule has 13 rings (SSSR count). The van der Waals surface area contributed by atoms with Crippen LogP contribution < -0.4 is 4.90 Å². The molecule has 0 N–H and O–H groups in total. The Bertz CT molecular complexity index is 3980. The predicted octanol–water partition coefficient (Wildman–Crippen LogP) is 18.3. The van der Waals surface area contributed by atoms with E-state index in [1.807, 2.05) is 12.1 Å². The first kappa shape index (κ1) is 37.8. The van der Waals surface area contributed by atoms with Gasteiger partial charge in [-0.25, -0.2) is 0 Å². The van der Waals surface area contributed by atoms with Gasteiger partial charge in [-0.3, -0.25) is 0 Å². The molecule has 0 aliphatic carbocycles. The zero-order chi connectivity index (χ0) is 43.6. The molecule has 308 valence electrons. The molecule has 2 nitrogen and oxygen atoms in total. The van der Waals surface area contributed by atoms with Gasteiger partial charge < -0.3 is 9.32 Å². The molecule has 0 unspecified atom stereocenters. The molecule has 1 aromatic heterocycles. The third-order valence-electron chi connectivity index (χ3n) is 13.5. The van der Waals surface area contributed by atoms with Crippen LogP contribution in [0.3, 0.4) is 0 Å². The average Bonchev–Trinajstić information content (AvgIpc) is 3.78. The fraction of sp³-hybridized carbons (Fsp3) is 0. The first-order valence-corrected chi connectivity index (χ1v) is 22.7. The molecule has 0 amide bonds. The molecule has 0 fully saturated rings. The molecule has 66 heavy (non-hydrogen) atoms. The Morgan fingerprint density at radius 3 is 1.61 bits per heavy atom. The van der Waals surface area contributed by atoms with Crippen LogP contribution in [0.25, 0.3) is 110 Å². The van der Waals surface area contributed by atoms with E-state index in [4.69, 9.17) is 4.42 Å². The van der Waals surface area contributed by atoms with Crippen molar-refractivity contribution in [1.82, 2.24) is 0 Å². The molecule has 1 heterocycles. The van der Waals surface area contributed by atoms with Crippen molar-refractivity contribution in [1.29, 1.82) is 0 Å². The van der Waals surface area contributed by atoms with Crippen LogP contribution in [0.4, 0.5) is 17.1 Å². The Balaban J connectivity index is 1.05. The maximum absolute atomic E-state index is 6.52. The highest BCUT2D eigenvalue weighted by Gasteiger charge is 2.23. The number of nitrogens with zero attached hydrogens (tertiary/aromatic N) is 1. The Morgan fingerprint density at radius 2 is 0.803 bits per heavy atom. The number of benzene rings is 12. The lowest BCUT2D eigenvalue weighted by molar-refractivity contribution is 0.670. The van der Waals surface area contributed by atoms with Crippen LogP contribution in [-0.4, -0.2) is 0 Å². The lowest BCUT2D eigenvalue weighted by atomic mass is 9.84. The normalized spacial score (nSPS) is 11.6.